The van der Waals surface area contributed by atoms with Gasteiger partial charge in [0, 0.05) is 13.2 Å². The fourth-order valence-corrected chi connectivity index (χ4v) is 2.09. The number of aromatic nitrogens is 4. The minimum Gasteiger partial charge on any atom is -0.504 e. The second-order valence-electron chi connectivity index (χ2n) is 4.45. The van der Waals surface area contributed by atoms with Gasteiger partial charge in [0.1, 0.15) is 5.69 Å². The summed E-state index contributed by atoms with van der Waals surface area (Å²) in [5.41, 5.74) is 1.24. The van der Waals surface area contributed by atoms with E-state index in [0.717, 1.165) is 0 Å². The van der Waals surface area contributed by atoms with Crippen LogP contribution < -0.4 is 4.74 Å². The Kier molecular flexibility index (Phi) is 3.27. The molecule has 0 aliphatic carbocycles. The summed E-state index contributed by atoms with van der Waals surface area (Å²) >= 11 is 0. The Morgan fingerprint density at radius 1 is 1.14 bits per heavy atom. The first-order chi connectivity index (χ1) is 10.2. The lowest BCUT2D eigenvalue weighted by molar-refractivity contribution is 0.374. The molecule has 3 aromatic rings. The lowest BCUT2D eigenvalue weighted by Gasteiger charge is -2.07. The van der Waals surface area contributed by atoms with E-state index in [9.17, 15) is 5.11 Å². The van der Waals surface area contributed by atoms with Crippen LogP contribution in [0.4, 0.5) is 0 Å². The SMILES string of the molecule is COc1cccc(-c2nc(-c3ccccn3)nn2C)c1O. The van der Waals surface area contributed by atoms with Crippen molar-refractivity contribution >= 4 is 0 Å². The van der Waals surface area contributed by atoms with Crippen LogP contribution in [-0.4, -0.2) is 32.0 Å². The summed E-state index contributed by atoms with van der Waals surface area (Å²) in [5, 5.41) is 14.6. The molecule has 6 heteroatoms. The second kappa shape index (κ2) is 5.24. The first-order valence-electron chi connectivity index (χ1n) is 6.39. The van der Waals surface area contributed by atoms with Crippen molar-refractivity contribution in [3.05, 3.63) is 42.6 Å². The molecule has 21 heavy (non-hydrogen) atoms. The molecule has 1 aromatic carbocycles. The Labute approximate surface area is 121 Å². The molecule has 0 saturated carbocycles. The van der Waals surface area contributed by atoms with Crippen molar-refractivity contribution in [3.63, 3.8) is 0 Å². The smallest absolute Gasteiger partial charge is 0.200 e. The van der Waals surface area contributed by atoms with E-state index in [1.807, 2.05) is 18.2 Å². The van der Waals surface area contributed by atoms with E-state index in [-0.39, 0.29) is 5.75 Å². The molecule has 2 aromatic heterocycles. The third kappa shape index (κ3) is 2.31. The maximum absolute atomic E-state index is 10.2. The molecule has 2 heterocycles. The van der Waals surface area contributed by atoms with E-state index < -0.39 is 0 Å². The molecule has 0 saturated heterocycles. The molecule has 0 spiro atoms. The highest BCUT2D eigenvalue weighted by Crippen LogP contribution is 2.36. The lowest BCUT2D eigenvalue weighted by atomic mass is 10.1. The molecule has 0 aliphatic heterocycles. The normalized spacial score (nSPS) is 10.6. The molecule has 3 rings (SSSR count). The number of nitrogens with zero attached hydrogens (tertiary/aromatic N) is 4. The van der Waals surface area contributed by atoms with Crippen LogP contribution in [-0.2, 0) is 7.05 Å². The molecule has 6 nitrogen and oxygen atoms in total. The number of aromatic hydroxyl groups is 1. The number of aryl methyl sites for hydroxylation is 1. The summed E-state index contributed by atoms with van der Waals surface area (Å²) in [4.78, 5) is 8.69. The Bertz CT molecular complexity index is 769. The number of phenolic OH excluding ortho intramolecular Hbond substituents is 1. The number of para-hydroxylation sites is 1. The number of hydrogen-bond acceptors (Lipinski definition) is 5. The number of pyridine rings is 1. The largest absolute Gasteiger partial charge is 0.504 e. The fraction of sp³-hybridized carbons (Fsp3) is 0.133. The summed E-state index contributed by atoms with van der Waals surface area (Å²) in [6, 6.07) is 10.8. The van der Waals surface area contributed by atoms with Crippen molar-refractivity contribution in [2.24, 2.45) is 7.05 Å². The molecule has 0 aliphatic rings. The van der Waals surface area contributed by atoms with Gasteiger partial charge in [-0.15, -0.1) is 5.10 Å². The van der Waals surface area contributed by atoms with Crippen molar-refractivity contribution in [2.75, 3.05) is 7.11 Å². The maximum Gasteiger partial charge on any atom is 0.200 e. The van der Waals surface area contributed by atoms with Gasteiger partial charge in [-0.2, -0.15) is 0 Å². The van der Waals surface area contributed by atoms with Gasteiger partial charge in [-0.05, 0) is 24.3 Å². The second-order valence-corrected chi connectivity index (χ2v) is 4.45. The summed E-state index contributed by atoms with van der Waals surface area (Å²) in [6.07, 6.45) is 1.69. The summed E-state index contributed by atoms with van der Waals surface area (Å²) < 4.78 is 6.73. The van der Waals surface area contributed by atoms with E-state index in [1.54, 1.807) is 36.1 Å². The van der Waals surface area contributed by atoms with Gasteiger partial charge in [0.25, 0.3) is 0 Å². The van der Waals surface area contributed by atoms with Crippen LogP contribution in [0.1, 0.15) is 0 Å². The summed E-state index contributed by atoms with van der Waals surface area (Å²) in [6.45, 7) is 0. The first-order valence-corrected chi connectivity index (χ1v) is 6.39. The number of benzene rings is 1. The molecule has 1 N–H and O–H groups in total. The Balaban J connectivity index is 2.11. The van der Waals surface area contributed by atoms with Gasteiger partial charge >= 0.3 is 0 Å². The van der Waals surface area contributed by atoms with Crippen molar-refractivity contribution in [3.8, 4) is 34.4 Å². The van der Waals surface area contributed by atoms with Crippen molar-refractivity contribution in [1.82, 2.24) is 19.7 Å². The van der Waals surface area contributed by atoms with Crippen LogP contribution in [0.5, 0.6) is 11.5 Å². The highest BCUT2D eigenvalue weighted by atomic mass is 16.5. The number of methoxy groups -OCH3 is 1. The standard InChI is InChI=1S/C15H14N4O2/c1-19-15(10-6-5-8-12(21-2)13(10)20)17-14(18-19)11-7-3-4-9-16-11/h3-9,20H,1-2H3. The number of rotatable bonds is 3. The predicted octanol–water partition coefficient (Wildman–Crippen LogP) is 2.26. The van der Waals surface area contributed by atoms with Crippen LogP contribution in [0.2, 0.25) is 0 Å². The van der Waals surface area contributed by atoms with Crippen LogP contribution in [0.15, 0.2) is 42.6 Å². The molecule has 0 amide bonds. The van der Waals surface area contributed by atoms with Gasteiger partial charge in [0.2, 0.25) is 0 Å². The molecule has 106 valence electrons. The van der Waals surface area contributed by atoms with Gasteiger partial charge in [-0.3, -0.25) is 4.98 Å². The van der Waals surface area contributed by atoms with E-state index in [2.05, 4.69) is 15.1 Å². The minimum atomic E-state index is 0.0445. The third-order valence-electron chi connectivity index (χ3n) is 3.12. The maximum atomic E-state index is 10.2. The van der Waals surface area contributed by atoms with Gasteiger partial charge in [-0.1, -0.05) is 12.1 Å². The van der Waals surface area contributed by atoms with Crippen molar-refractivity contribution in [2.45, 2.75) is 0 Å². The molecule has 0 fully saturated rings. The average Bonchev–Trinajstić information content (AvgIpc) is 2.90. The van der Waals surface area contributed by atoms with E-state index in [0.29, 0.717) is 28.7 Å². The topological polar surface area (TPSA) is 73.1 Å². The van der Waals surface area contributed by atoms with Gasteiger partial charge in [0.15, 0.2) is 23.1 Å². The van der Waals surface area contributed by atoms with Gasteiger partial charge in [0.05, 0.1) is 12.7 Å². The molecular weight excluding hydrogens is 268 g/mol. The summed E-state index contributed by atoms with van der Waals surface area (Å²) in [7, 11) is 3.28. The zero-order chi connectivity index (χ0) is 14.8. The average molecular weight is 282 g/mol. The lowest BCUT2D eigenvalue weighted by Crippen LogP contribution is -1.95. The van der Waals surface area contributed by atoms with Crippen molar-refractivity contribution in [1.29, 1.82) is 0 Å². The quantitative estimate of drug-likeness (QED) is 0.797. The van der Waals surface area contributed by atoms with Crippen LogP contribution in [0.3, 0.4) is 0 Å². The molecule has 0 radical (unpaired) electrons. The van der Waals surface area contributed by atoms with E-state index in [1.165, 1.54) is 7.11 Å². The number of phenols is 1. The van der Waals surface area contributed by atoms with Gasteiger partial charge < -0.3 is 9.84 Å². The Morgan fingerprint density at radius 3 is 2.71 bits per heavy atom. The zero-order valence-electron chi connectivity index (χ0n) is 11.7. The molecule has 0 bridgehead atoms. The minimum absolute atomic E-state index is 0.0445. The van der Waals surface area contributed by atoms with Crippen LogP contribution in [0.25, 0.3) is 22.9 Å². The molecule has 0 atom stereocenters. The first kappa shape index (κ1) is 13.1. The third-order valence-corrected chi connectivity index (χ3v) is 3.12. The number of ether oxygens (including phenoxy) is 1. The molecular formula is C15H14N4O2. The van der Waals surface area contributed by atoms with E-state index in [4.69, 9.17) is 4.74 Å². The number of hydrogen-bond donors (Lipinski definition) is 1. The monoisotopic (exact) mass is 282 g/mol. The molecule has 0 unspecified atom stereocenters. The van der Waals surface area contributed by atoms with Crippen molar-refractivity contribution < 1.29 is 9.84 Å². The van der Waals surface area contributed by atoms with Crippen LogP contribution >= 0.6 is 0 Å². The van der Waals surface area contributed by atoms with Crippen LogP contribution in [0, 0.1) is 0 Å². The highest BCUT2D eigenvalue weighted by Gasteiger charge is 2.16. The highest BCUT2D eigenvalue weighted by molar-refractivity contribution is 5.69. The zero-order valence-corrected chi connectivity index (χ0v) is 11.7. The van der Waals surface area contributed by atoms with E-state index >= 15 is 0 Å². The van der Waals surface area contributed by atoms with Gasteiger partial charge in [-0.25, -0.2) is 9.67 Å². The predicted molar refractivity (Wildman–Crippen MR) is 77.9 cm³/mol. The fourth-order valence-electron chi connectivity index (χ4n) is 2.09. The summed E-state index contributed by atoms with van der Waals surface area (Å²) in [5.74, 6) is 1.50. The Hall–Kier alpha value is -2.89. The Morgan fingerprint density at radius 2 is 2.00 bits per heavy atom.